The highest BCUT2D eigenvalue weighted by atomic mass is 19.4. The van der Waals surface area contributed by atoms with Gasteiger partial charge in [-0.05, 0) is 48.4 Å². The molecule has 0 saturated heterocycles. The van der Waals surface area contributed by atoms with Crippen molar-refractivity contribution < 1.29 is 27.1 Å². The quantitative estimate of drug-likeness (QED) is 0.643. The Hall–Kier alpha value is -3.36. The van der Waals surface area contributed by atoms with Crippen LogP contribution in [0.2, 0.25) is 0 Å². The van der Waals surface area contributed by atoms with E-state index in [0.717, 1.165) is 17.7 Å². The molecule has 0 radical (unpaired) electrons. The number of carbonyl (C=O) groups excluding carboxylic acids is 1. The minimum atomic E-state index is -4.73. The van der Waals surface area contributed by atoms with Gasteiger partial charge in [0.1, 0.15) is 17.3 Å². The van der Waals surface area contributed by atoms with Crippen molar-refractivity contribution in [1.29, 1.82) is 0 Å². The lowest BCUT2D eigenvalue weighted by Crippen LogP contribution is -2.25. The number of carbonyl (C=O) groups is 1. The summed E-state index contributed by atoms with van der Waals surface area (Å²) < 4.78 is 59.1. The number of rotatable bonds is 5. The first-order valence-corrected chi connectivity index (χ1v) is 8.53. The maximum atomic E-state index is 13.2. The van der Waals surface area contributed by atoms with Crippen molar-refractivity contribution in [3.63, 3.8) is 0 Å². The molecule has 152 valence electrons. The van der Waals surface area contributed by atoms with Gasteiger partial charge < -0.3 is 10.1 Å². The molecule has 0 aliphatic carbocycles. The van der Waals surface area contributed by atoms with Gasteiger partial charge in [0.2, 0.25) is 0 Å². The molecule has 0 aliphatic heterocycles. The number of ether oxygens (including phenoxy) is 1. The van der Waals surface area contributed by atoms with Crippen LogP contribution in [-0.2, 0) is 12.7 Å². The highest BCUT2D eigenvalue weighted by Gasteiger charge is 2.33. The molecular formula is C20H17F4N3O2. The number of aryl methyl sites for hydroxylation is 1. The first-order chi connectivity index (χ1) is 13.7. The van der Waals surface area contributed by atoms with Crippen LogP contribution in [0.25, 0.3) is 5.69 Å². The number of hydrogen-bond donors (Lipinski definition) is 1. The van der Waals surface area contributed by atoms with Gasteiger partial charge in [-0.1, -0.05) is 12.1 Å². The smallest absolute Gasteiger partial charge is 0.416 e. The number of methoxy groups -OCH3 is 1. The topological polar surface area (TPSA) is 56.1 Å². The standard InChI is InChI=1S/C20H17F4N3O2/c1-12-3-6-18(29-2)17(9-12)27-8-7-16(26-27)19(28)25-11-13-4-5-14(21)10-15(13)20(22,23)24/h3-10H,11H2,1-2H3,(H,25,28). The van der Waals surface area contributed by atoms with E-state index in [1.165, 1.54) is 17.9 Å². The number of alkyl halides is 3. The van der Waals surface area contributed by atoms with Crippen LogP contribution in [-0.4, -0.2) is 22.8 Å². The lowest BCUT2D eigenvalue weighted by Gasteiger charge is -2.13. The Bertz CT molecular complexity index is 1040. The summed E-state index contributed by atoms with van der Waals surface area (Å²) in [5.74, 6) is -1.11. The van der Waals surface area contributed by atoms with Gasteiger partial charge in [0, 0.05) is 12.7 Å². The summed E-state index contributed by atoms with van der Waals surface area (Å²) in [7, 11) is 1.51. The van der Waals surface area contributed by atoms with Gasteiger partial charge in [0.15, 0.2) is 5.69 Å². The van der Waals surface area contributed by atoms with Crippen LogP contribution in [0, 0.1) is 12.7 Å². The van der Waals surface area contributed by atoms with Crippen LogP contribution >= 0.6 is 0 Å². The van der Waals surface area contributed by atoms with Gasteiger partial charge in [-0.2, -0.15) is 18.3 Å². The fourth-order valence-electron chi connectivity index (χ4n) is 2.79. The highest BCUT2D eigenvalue weighted by Crippen LogP contribution is 2.32. The molecule has 0 atom stereocenters. The van der Waals surface area contributed by atoms with Crippen LogP contribution < -0.4 is 10.1 Å². The second kappa shape index (κ2) is 7.94. The van der Waals surface area contributed by atoms with Gasteiger partial charge in [0.05, 0.1) is 12.7 Å². The monoisotopic (exact) mass is 407 g/mol. The molecule has 2 aromatic carbocycles. The minimum absolute atomic E-state index is 0.0178. The molecule has 3 aromatic rings. The highest BCUT2D eigenvalue weighted by molar-refractivity contribution is 5.92. The van der Waals surface area contributed by atoms with E-state index >= 15 is 0 Å². The molecule has 0 unspecified atom stereocenters. The molecule has 3 rings (SSSR count). The predicted octanol–water partition coefficient (Wildman–Crippen LogP) is 4.28. The summed E-state index contributed by atoms with van der Waals surface area (Å²) >= 11 is 0. The summed E-state index contributed by atoms with van der Waals surface area (Å²) in [4.78, 5) is 12.3. The van der Waals surface area contributed by atoms with E-state index in [0.29, 0.717) is 17.5 Å². The Labute approximate surface area is 163 Å². The molecule has 0 spiro atoms. The molecule has 29 heavy (non-hydrogen) atoms. The Morgan fingerprint density at radius 1 is 1.17 bits per heavy atom. The van der Waals surface area contributed by atoms with E-state index < -0.39 is 30.0 Å². The molecule has 0 saturated carbocycles. The molecule has 5 nitrogen and oxygen atoms in total. The SMILES string of the molecule is COc1ccc(C)cc1-n1ccc(C(=O)NCc2ccc(F)cc2C(F)(F)F)n1. The maximum Gasteiger partial charge on any atom is 0.416 e. The van der Waals surface area contributed by atoms with Gasteiger partial charge in [0.25, 0.3) is 5.91 Å². The van der Waals surface area contributed by atoms with E-state index in [-0.39, 0.29) is 11.3 Å². The zero-order valence-corrected chi connectivity index (χ0v) is 15.5. The second-order valence-electron chi connectivity index (χ2n) is 6.30. The zero-order chi connectivity index (χ0) is 21.2. The predicted molar refractivity (Wildman–Crippen MR) is 97.4 cm³/mol. The van der Waals surface area contributed by atoms with Crippen molar-refractivity contribution in [2.24, 2.45) is 0 Å². The number of aromatic nitrogens is 2. The molecule has 1 heterocycles. The molecular weight excluding hydrogens is 390 g/mol. The van der Waals surface area contributed by atoms with Crippen LogP contribution in [0.1, 0.15) is 27.2 Å². The molecule has 9 heteroatoms. The lowest BCUT2D eigenvalue weighted by molar-refractivity contribution is -0.138. The number of amides is 1. The fourth-order valence-corrected chi connectivity index (χ4v) is 2.79. The van der Waals surface area contributed by atoms with E-state index in [1.54, 1.807) is 12.3 Å². The summed E-state index contributed by atoms with van der Waals surface area (Å²) in [6.45, 7) is 1.47. The van der Waals surface area contributed by atoms with Crippen molar-refractivity contribution in [3.8, 4) is 11.4 Å². The first-order valence-electron chi connectivity index (χ1n) is 8.53. The number of nitrogens with zero attached hydrogens (tertiary/aromatic N) is 2. The maximum absolute atomic E-state index is 13.2. The van der Waals surface area contributed by atoms with Crippen LogP contribution in [0.3, 0.4) is 0 Å². The van der Waals surface area contributed by atoms with E-state index in [1.807, 2.05) is 19.1 Å². The number of benzene rings is 2. The third-order valence-electron chi connectivity index (χ3n) is 4.22. The number of hydrogen-bond acceptors (Lipinski definition) is 3. The number of halogens is 4. The van der Waals surface area contributed by atoms with Crippen LogP contribution in [0.4, 0.5) is 17.6 Å². The van der Waals surface area contributed by atoms with Crippen molar-refractivity contribution in [1.82, 2.24) is 15.1 Å². The second-order valence-corrected chi connectivity index (χ2v) is 6.30. The molecule has 0 fully saturated rings. The van der Waals surface area contributed by atoms with Gasteiger partial charge in [-0.25, -0.2) is 9.07 Å². The van der Waals surface area contributed by atoms with Gasteiger partial charge in [-0.15, -0.1) is 0 Å². The molecule has 1 aromatic heterocycles. The average molecular weight is 407 g/mol. The molecule has 0 bridgehead atoms. The summed E-state index contributed by atoms with van der Waals surface area (Å²) in [6.07, 6.45) is -3.18. The van der Waals surface area contributed by atoms with Crippen molar-refractivity contribution in [2.45, 2.75) is 19.6 Å². The van der Waals surface area contributed by atoms with Crippen LogP contribution in [0.5, 0.6) is 5.75 Å². The molecule has 1 N–H and O–H groups in total. The van der Waals surface area contributed by atoms with E-state index in [4.69, 9.17) is 4.74 Å². The van der Waals surface area contributed by atoms with Crippen molar-refractivity contribution in [3.05, 3.63) is 76.9 Å². The molecule has 0 aliphatic rings. The first kappa shape index (κ1) is 20.4. The molecule has 1 amide bonds. The number of nitrogens with one attached hydrogen (secondary N) is 1. The Morgan fingerprint density at radius 3 is 2.62 bits per heavy atom. The van der Waals surface area contributed by atoms with Crippen molar-refractivity contribution >= 4 is 5.91 Å². The summed E-state index contributed by atoms with van der Waals surface area (Å²) in [5.41, 5.74) is 0.215. The van der Waals surface area contributed by atoms with Crippen LogP contribution in [0.15, 0.2) is 48.7 Å². The largest absolute Gasteiger partial charge is 0.494 e. The zero-order valence-electron chi connectivity index (χ0n) is 15.5. The van der Waals surface area contributed by atoms with Crippen molar-refractivity contribution in [2.75, 3.05) is 7.11 Å². The summed E-state index contributed by atoms with van der Waals surface area (Å²) in [5, 5.41) is 6.55. The average Bonchev–Trinajstić information content (AvgIpc) is 3.16. The van der Waals surface area contributed by atoms with E-state index in [9.17, 15) is 22.4 Å². The normalized spacial score (nSPS) is 11.4. The lowest BCUT2D eigenvalue weighted by atomic mass is 10.1. The Balaban J connectivity index is 1.78. The third-order valence-corrected chi connectivity index (χ3v) is 4.22. The van der Waals surface area contributed by atoms with E-state index in [2.05, 4.69) is 10.4 Å². The Kier molecular flexibility index (Phi) is 5.58. The third kappa shape index (κ3) is 4.56. The summed E-state index contributed by atoms with van der Waals surface area (Å²) in [6, 6.07) is 9.19. The van der Waals surface area contributed by atoms with Gasteiger partial charge in [-0.3, -0.25) is 4.79 Å². The fraction of sp³-hybridized carbons (Fsp3) is 0.200. The Morgan fingerprint density at radius 2 is 1.93 bits per heavy atom. The minimum Gasteiger partial charge on any atom is -0.494 e. The van der Waals surface area contributed by atoms with Gasteiger partial charge >= 0.3 is 6.18 Å².